The van der Waals surface area contributed by atoms with Gasteiger partial charge in [-0.3, -0.25) is 14.2 Å². The molecule has 1 amide bonds. The molecular weight excluding hydrogens is 340 g/mol. The number of carbonyl (C=O) groups excluding carboxylic acids is 1. The topological polar surface area (TPSA) is 77.6 Å². The van der Waals surface area contributed by atoms with Gasteiger partial charge in [-0.1, -0.05) is 6.92 Å². The molecule has 3 aromatic heterocycles. The van der Waals surface area contributed by atoms with Crippen molar-refractivity contribution in [3.8, 4) is 0 Å². The minimum Gasteiger partial charge on any atom is -0.352 e. The third-order valence-electron chi connectivity index (χ3n) is 5.16. The van der Waals surface area contributed by atoms with Crippen molar-refractivity contribution in [2.75, 3.05) is 6.54 Å². The lowest BCUT2D eigenvalue weighted by Gasteiger charge is -2.14. The summed E-state index contributed by atoms with van der Waals surface area (Å²) < 4.78 is 3.74. The fraction of sp³-hybridized carbons (Fsp3) is 0.500. The highest BCUT2D eigenvalue weighted by Gasteiger charge is 2.27. The molecule has 1 aliphatic carbocycles. The van der Waals surface area contributed by atoms with E-state index in [4.69, 9.17) is 4.98 Å². The maximum Gasteiger partial charge on any atom is 0.252 e. The first-order valence-corrected chi connectivity index (χ1v) is 9.54. The van der Waals surface area contributed by atoms with Crippen LogP contribution in [0.25, 0.3) is 11.0 Å². The summed E-state index contributed by atoms with van der Waals surface area (Å²) in [4.78, 5) is 17.6. The molecule has 1 aliphatic rings. The molecule has 7 heteroatoms. The number of hydrogen-bond acceptors (Lipinski definition) is 4. The number of pyridine rings is 1. The smallest absolute Gasteiger partial charge is 0.252 e. The van der Waals surface area contributed by atoms with E-state index in [1.54, 1.807) is 10.9 Å². The number of fused-ring (bicyclic) bond motifs is 1. The average Bonchev–Trinajstić information content (AvgIpc) is 3.35. The molecule has 142 valence electrons. The van der Waals surface area contributed by atoms with E-state index >= 15 is 0 Å². The summed E-state index contributed by atoms with van der Waals surface area (Å²) in [5, 5.41) is 12.7. The predicted molar refractivity (Wildman–Crippen MR) is 104 cm³/mol. The average molecular weight is 366 g/mol. The number of nitrogens with one attached hydrogen (secondary N) is 1. The Hall–Kier alpha value is -2.70. The first-order chi connectivity index (χ1) is 12.9. The van der Waals surface area contributed by atoms with E-state index in [2.05, 4.69) is 35.4 Å². The van der Waals surface area contributed by atoms with Gasteiger partial charge in [0.05, 0.1) is 22.8 Å². The molecule has 0 radical (unpaired) electrons. The molecule has 7 nitrogen and oxygen atoms in total. The first kappa shape index (κ1) is 17.7. The second-order valence-corrected chi connectivity index (χ2v) is 7.80. The van der Waals surface area contributed by atoms with Gasteiger partial charge in [-0.2, -0.15) is 10.2 Å². The quantitative estimate of drug-likeness (QED) is 0.728. The molecule has 0 aromatic carbocycles. The Balaban J connectivity index is 1.48. The second kappa shape index (κ2) is 6.79. The summed E-state index contributed by atoms with van der Waals surface area (Å²) in [6.07, 6.45) is 4.03. The lowest BCUT2D eigenvalue weighted by atomic mass is 10.1. The summed E-state index contributed by atoms with van der Waals surface area (Å²) in [5.74, 6) is 0.708. The number of aromatic nitrogens is 5. The summed E-state index contributed by atoms with van der Waals surface area (Å²) in [6.45, 7) is 7.56. The Morgan fingerprint density at radius 3 is 2.78 bits per heavy atom. The fourth-order valence-electron chi connectivity index (χ4n) is 3.49. The van der Waals surface area contributed by atoms with Crippen molar-refractivity contribution in [2.24, 2.45) is 13.0 Å². The van der Waals surface area contributed by atoms with Crippen LogP contribution in [0, 0.1) is 19.8 Å². The van der Waals surface area contributed by atoms with Gasteiger partial charge >= 0.3 is 0 Å². The molecule has 1 saturated carbocycles. The minimum absolute atomic E-state index is 0.0579. The Bertz CT molecular complexity index is 997. The summed E-state index contributed by atoms with van der Waals surface area (Å²) in [7, 11) is 1.87. The van der Waals surface area contributed by atoms with Crippen molar-refractivity contribution < 1.29 is 4.79 Å². The highest BCUT2D eigenvalue weighted by atomic mass is 16.1. The van der Waals surface area contributed by atoms with E-state index in [0.717, 1.165) is 47.5 Å². The second-order valence-electron chi connectivity index (χ2n) is 7.80. The van der Waals surface area contributed by atoms with Gasteiger partial charge in [-0.15, -0.1) is 0 Å². The molecule has 4 rings (SSSR count). The van der Waals surface area contributed by atoms with Crippen molar-refractivity contribution in [2.45, 2.75) is 46.1 Å². The molecule has 3 aromatic rings. The maximum absolute atomic E-state index is 12.9. The van der Waals surface area contributed by atoms with Crippen LogP contribution in [0.4, 0.5) is 0 Å². The number of rotatable bonds is 6. The van der Waals surface area contributed by atoms with E-state index in [1.165, 1.54) is 0 Å². The van der Waals surface area contributed by atoms with Crippen molar-refractivity contribution in [3.05, 3.63) is 41.0 Å². The fourth-order valence-corrected chi connectivity index (χ4v) is 3.49. The highest BCUT2D eigenvalue weighted by molar-refractivity contribution is 6.05. The molecule has 1 fully saturated rings. The largest absolute Gasteiger partial charge is 0.352 e. The van der Waals surface area contributed by atoms with Gasteiger partial charge in [0.15, 0.2) is 5.65 Å². The van der Waals surface area contributed by atoms with Crippen LogP contribution in [-0.2, 0) is 13.6 Å². The van der Waals surface area contributed by atoms with Crippen molar-refractivity contribution >= 4 is 16.9 Å². The molecular formula is C20H26N6O. The van der Waals surface area contributed by atoms with Crippen LogP contribution in [0.5, 0.6) is 0 Å². The van der Waals surface area contributed by atoms with Crippen LogP contribution in [0.1, 0.15) is 53.1 Å². The van der Waals surface area contributed by atoms with E-state index < -0.39 is 0 Å². The number of aryl methyl sites for hydroxylation is 3. The zero-order valence-electron chi connectivity index (χ0n) is 16.4. The lowest BCUT2D eigenvalue weighted by Crippen LogP contribution is -2.30. The molecule has 0 aliphatic heterocycles. The van der Waals surface area contributed by atoms with E-state index in [9.17, 15) is 4.79 Å². The Morgan fingerprint density at radius 2 is 2.11 bits per heavy atom. The maximum atomic E-state index is 12.9. The molecule has 3 heterocycles. The van der Waals surface area contributed by atoms with Crippen molar-refractivity contribution in [1.82, 2.24) is 29.9 Å². The highest BCUT2D eigenvalue weighted by Crippen LogP contribution is 2.40. The Kier molecular flexibility index (Phi) is 4.45. The molecule has 1 atom stereocenters. The lowest BCUT2D eigenvalue weighted by molar-refractivity contribution is 0.0948. The Morgan fingerprint density at radius 1 is 1.33 bits per heavy atom. The SMILES string of the molecule is Cc1cc(C)n(C[C@@H](C)CNC(=O)c2cc(C3CC3)nc3c2cnn3C)n1. The van der Waals surface area contributed by atoms with Gasteiger partial charge in [0.2, 0.25) is 0 Å². The first-order valence-electron chi connectivity index (χ1n) is 9.54. The molecule has 27 heavy (non-hydrogen) atoms. The van der Waals surface area contributed by atoms with Gasteiger partial charge in [-0.05, 0) is 44.7 Å². The van der Waals surface area contributed by atoms with Gasteiger partial charge in [0, 0.05) is 37.4 Å². The normalized spacial score (nSPS) is 15.3. The Labute approximate surface area is 158 Å². The molecule has 0 spiro atoms. The molecule has 0 bridgehead atoms. The third-order valence-corrected chi connectivity index (χ3v) is 5.16. The van der Waals surface area contributed by atoms with E-state index in [0.29, 0.717) is 18.0 Å². The predicted octanol–water partition coefficient (Wildman–Crippen LogP) is 2.73. The van der Waals surface area contributed by atoms with Gasteiger partial charge in [0.1, 0.15) is 0 Å². The van der Waals surface area contributed by atoms with Gasteiger partial charge in [0.25, 0.3) is 5.91 Å². The van der Waals surface area contributed by atoms with Crippen LogP contribution in [0.15, 0.2) is 18.3 Å². The number of nitrogens with zero attached hydrogens (tertiary/aromatic N) is 5. The van der Waals surface area contributed by atoms with Gasteiger partial charge < -0.3 is 5.32 Å². The van der Waals surface area contributed by atoms with Crippen molar-refractivity contribution in [3.63, 3.8) is 0 Å². The number of carbonyl (C=O) groups is 1. The monoisotopic (exact) mass is 366 g/mol. The minimum atomic E-state index is -0.0579. The van der Waals surface area contributed by atoms with Crippen LogP contribution < -0.4 is 5.32 Å². The summed E-state index contributed by atoms with van der Waals surface area (Å²) >= 11 is 0. The zero-order chi connectivity index (χ0) is 19.1. The molecule has 0 saturated heterocycles. The van der Waals surface area contributed by atoms with E-state index in [-0.39, 0.29) is 11.8 Å². The summed E-state index contributed by atoms with van der Waals surface area (Å²) in [5.41, 5.74) is 4.62. The molecule has 1 N–H and O–H groups in total. The van der Waals surface area contributed by atoms with Gasteiger partial charge in [-0.25, -0.2) is 4.98 Å². The van der Waals surface area contributed by atoms with Crippen LogP contribution in [-0.4, -0.2) is 37.0 Å². The zero-order valence-corrected chi connectivity index (χ0v) is 16.4. The number of hydrogen-bond donors (Lipinski definition) is 1. The van der Waals surface area contributed by atoms with Crippen LogP contribution in [0.2, 0.25) is 0 Å². The van der Waals surface area contributed by atoms with E-state index in [1.807, 2.05) is 24.7 Å². The molecule has 0 unspecified atom stereocenters. The van der Waals surface area contributed by atoms with Crippen LogP contribution >= 0.6 is 0 Å². The third kappa shape index (κ3) is 3.59. The number of amides is 1. The van der Waals surface area contributed by atoms with Crippen molar-refractivity contribution in [1.29, 1.82) is 0 Å². The van der Waals surface area contributed by atoms with Crippen LogP contribution in [0.3, 0.4) is 0 Å². The summed E-state index contributed by atoms with van der Waals surface area (Å²) in [6, 6.07) is 4.02. The standard InChI is InChI=1S/C20H26N6O/c1-12(11-26-14(3)7-13(2)24-26)9-21-20(27)16-8-18(15-5-6-15)23-19-17(16)10-22-25(19)4/h7-8,10,12,15H,5-6,9,11H2,1-4H3,(H,21,27)/t12-/m0/s1.